The average Bonchev–Trinajstić information content (AvgIpc) is 2.47. The van der Waals surface area contributed by atoms with Crippen molar-refractivity contribution in [3.8, 4) is 5.75 Å². The third kappa shape index (κ3) is 2.16. The number of nitrogens with zero attached hydrogens (tertiary/aromatic N) is 1. The van der Waals surface area contributed by atoms with E-state index in [-0.39, 0.29) is 0 Å². The largest absolute Gasteiger partial charge is 0.496 e. The van der Waals surface area contributed by atoms with Crippen molar-refractivity contribution in [2.24, 2.45) is 4.99 Å². The van der Waals surface area contributed by atoms with Gasteiger partial charge in [0.15, 0.2) is 0 Å². The van der Waals surface area contributed by atoms with Crippen LogP contribution < -0.4 is 10.1 Å². The van der Waals surface area contributed by atoms with E-state index in [0.29, 0.717) is 6.54 Å². The van der Waals surface area contributed by atoms with Gasteiger partial charge in [-0.1, -0.05) is 24.3 Å². The van der Waals surface area contributed by atoms with E-state index in [0.717, 1.165) is 17.1 Å². The van der Waals surface area contributed by atoms with Crippen molar-refractivity contribution in [3.63, 3.8) is 0 Å². The van der Waals surface area contributed by atoms with Gasteiger partial charge in [-0.15, -0.1) is 0 Å². The van der Waals surface area contributed by atoms with E-state index in [1.54, 1.807) is 7.11 Å². The molecule has 2 aromatic rings. The summed E-state index contributed by atoms with van der Waals surface area (Å²) >= 11 is 0. The van der Waals surface area contributed by atoms with Crippen LogP contribution in [0.15, 0.2) is 41.4 Å². The van der Waals surface area contributed by atoms with Gasteiger partial charge in [0, 0.05) is 5.69 Å². The Balaban J connectivity index is 2.02. The highest BCUT2D eigenvalue weighted by Gasteiger charge is 2.17. The fourth-order valence-electron chi connectivity index (χ4n) is 2.51. The number of amidine groups is 1. The molecule has 102 valence electrons. The molecule has 1 heterocycles. The number of rotatable bonds is 2. The van der Waals surface area contributed by atoms with Gasteiger partial charge in [-0.3, -0.25) is 4.99 Å². The number of para-hydroxylation sites is 1. The van der Waals surface area contributed by atoms with Gasteiger partial charge in [-0.2, -0.15) is 0 Å². The molecule has 3 nitrogen and oxygen atoms in total. The number of fused-ring (bicyclic) bond motifs is 1. The molecule has 3 rings (SSSR count). The standard InChI is InChI=1S/C17H18N2O/c1-11-7-8-14(15(9-11)20-3)17-18-10-13-6-4-5-12(2)16(13)19-17/h4-9H,10H2,1-3H3,(H,18,19). The Kier molecular flexibility index (Phi) is 3.18. The summed E-state index contributed by atoms with van der Waals surface area (Å²) in [5.74, 6) is 1.73. The lowest BCUT2D eigenvalue weighted by molar-refractivity contribution is 0.413. The molecule has 3 heteroatoms. The number of ether oxygens (including phenoxy) is 1. The predicted octanol–water partition coefficient (Wildman–Crippen LogP) is 3.68. The van der Waals surface area contributed by atoms with Crippen molar-refractivity contribution in [2.75, 3.05) is 12.4 Å². The molecule has 20 heavy (non-hydrogen) atoms. The summed E-state index contributed by atoms with van der Waals surface area (Å²) in [5, 5.41) is 3.45. The minimum Gasteiger partial charge on any atom is -0.496 e. The van der Waals surface area contributed by atoms with Crippen molar-refractivity contribution < 1.29 is 4.74 Å². The van der Waals surface area contributed by atoms with Crippen LogP contribution in [-0.2, 0) is 6.54 Å². The van der Waals surface area contributed by atoms with Gasteiger partial charge >= 0.3 is 0 Å². The molecular formula is C17H18N2O. The molecule has 0 aromatic heterocycles. The van der Waals surface area contributed by atoms with Crippen LogP contribution in [0.2, 0.25) is 0 Å². The lowest BCUT2D eigenvalue weighted by Gasteiger charge is -2.21. The first-order valence-electron chi connectivity index (χ1n) is 6.74. The summed E-state index contributed by atoms with van der Waals surface area (Å²) in [5.41, 5.74) is 5.83. The van der Waals surface area contributed by atoms with Gasteiger partial charge in [0.1, 0.15) is 11.6 Å². The van der Waals surface area contributed by atoms with E-state index in [2.05, 4.69) is 54.5 Å². The van der Waals surface area contributed by atoms with Gasteiger partial charge in [-0.25, -0.2) is 0 Å². The second-order valence-corrected chi connectivity index (χ2v) is 5.10. The van der Waals surface area contributed by atoms with Crippen LogP contribution in [-0.4, -0.2) is 12.9 Å². The zero-order valence-electron chi connectivity index (χ0n) is 12.0. The van der Waals surface area contributed by atoms with Crippen molar-refractivity contribution >= 4 is 11.5 Å². The molecule has 0 fully saturated rings. The molecule has 0 saturated carbocycles. The van der Waals surface area contributed by atoms with E-state index in [1.165, 1.54) is 22.4 Å². The summed E-state index contributed by atoms with van der Waals surface area (Å²) in [4.78, 5) is 4.65. The van der Waals surface area contributed by atoms with Gasteiger partial charge in [0.25, 0.3) is 0 Å². The van der Waals surface area contributed by atoms with Crippen molar-refractivity contribution in [2.45, 2.75) is 20.4 Å². The smallest absolute Gasteiger partial charge is 0.136 e. The number of aryl methyl sites for hydroxylation is 2. The number of aliphatic imine (C=N–C) groups is 1. The number of anilines is 1. The Morgan fingerprint density at radius 3 is 2.80 bits per heavy atom. The quantitative estimate of drug-likeness (QED) is 0.899. The van der Waals surface area contributed by atoms with Crippen LogP contribution in [0.5, 0.6) is 5.75 Å². The minimum absolute atomic E-state index is 0.705. The van der Waals surface area contributed by atoms with Gasteiger partial charge in [-0.05, 0) is 42.7 Å². The van der Waals surface area contributed by atoms with Crippen molar-refractivity contribution in [3.05, 3.63) is 58.7 Å². The van der Waals surface area contributed by atoms with Crippen LogP contribution in [0.25, 0.3) is 0 Å². The molecule has 0 unspecified atom stereocenters. The van der Waals surface area contributed by atoms with E-state index >= 15 is 0 Å². The molecule has 2 aromatic carbocycles. The Labute approximate surface area is 119 Å². The second-order valence-electron chi connectivity index (χ2n) is 5.10. The Bertz CT molecular complexity index is 689. The summed E-state index contributed by atoms with van der Waals surface area (Å²) in [6.07, 6.45) is 0. The highest BCUT2D eigenvalue weighted by Crippen LogP contribution is 2.28. The molecule has 0 bridgehead atoms. The summed E-state index contributed by atoms with van der Waals surface area (Å²) in [6, 6.07) is 12.5. The summed E-state index contributed by atoms with van der Waals surface area (Å²) < 4.78 is 5.48. The van der Waals surface area contributed by atoms with Crippen molar-refractivity contribution in [1.82, 2.24) is 0 Å². The maximum absolute atomic E-state index is 5.48. The molecule has 0 amide bonds. The van der Waals surface area contributed by atoms with Crippen molar-refractivity contribution in [1.29, 1.82) is 0 Å². The zero-order valence-corrected chi connectivity index (χ0v) is 12.0. The number of hydrogen-bond acceptors (Lipinski definition) is 3. The van der Waals surface area contributed by atoms with E-state index < -0.39 is 0 Å². The zero-order chi connectivity index (χ0) is 14.1. The average molecular weight is 266 g/mol. The lowest BCUT2D eigenvalue weighted by atomic mass is 10.0. The van der Waals surface area contributed by atoms with Gasteiger partial charge in [0.05, 0.1) is 19.2 Å². The SMILES string of the molecule is COc1cc(C)ccc1C1=NCc2cccc(C)c2N1. The first kappa shape index (κ1) is 12.7. The summed E-state index contributed by atoms with van der Waals surface area (Å²) in [6.45, 7) is 4.87. The molecule has 1 aliphatic heterocycles. The van der Waals surface area contributed by atoms with E-state index in [9.17, 15) is 0 Å². The topological polar surface area (TPSA) is 33.6 Å². The van der Waals surface area contributed by atoms with Crippen LogP contribution in [0.4, 0.5) is 5.69 Å². The first-order chi connectivity index (χ1) is 9.69. The fraction of sp³-hybridized carbons (Fsp3) is 0.235. The molecular weight excluding hydrogens is 248 g/mol. The molecule has 0 saturated heterocycles. The molecule has 1 aliphatic rings. The molecule has 0 atom stereocenters. The molecule has 0 spiro atoms. The van der Waals surface area contributed by atoms with Gasteiger partial charge < -0.3 is 10.1 Å². The van der Waals surface area contributed by atoms with Crippen LogP contribution in [0, 0.1) is 13.8 Å². The number of hydrogen-bond donors (Lipinski definition) is 1. The maximum atomic E-state index is 5.48. The Morgan fingerprint density at radius 2 is 2.00 bits per heavy atom. The Hall–Kier alpha value is -2.29. The van der Waals surface area contributed by atoms with Crippen LogP contribution >= 0.6 is 0 Å². The molecule has 0 radical (unpaired) electrons. The second kappa shape index (κ2) is 5.00. The lowest BCUT2D eigenvalue weighted by Crippen LogP contribution is -2.20. The van der Waals surface area contributed by atoms with Crippen LogP contribution in [0.3, 0.4) is 0 Å². The van der Waals surface area contributed by atoms with E-state index in [1.807, 2.05) is 6.07 Å². The number of nitrogens with one attached hydrogen (secondary N) is 1. The third-order valence-electron chi connectivity index (χ3n) is 3.62. The normalized spacial score (nSPS) is 13.2. The number of methoxy groups -OCH3 is 1. The minimum atomic E-state index is 0.705. The monoisotopic (exact) mass is 266 g/mol. The third-order valence-corrected chi connectivity index (χ3v) is 3.62. The van der Waals surface area contributed by atoms with Gasteiger partial charge in [0.2, 0.25) is 0 Å². The Morgan fingerprint density at radius 1 is 1.15 bits per heavy atom. The summed E-state index contributed by atoms with van der Waals surface area (Å²) in [7, 11) is 1.70. The predicted molar refractivity (Wildman–Crippen MR) is 82.8 cm³/mol. The highest BCUT2D eigenvalue weighted by molar-refractivity contribution is 6.11. The fourth-order valence-corrected chi connectivity index (χ4v) is 2.51. The number of benzene rings is 2. The first-order valence-corrected chi connectivity index (χ1v) is 6.74. The highest BCUT2D eigenvalue weighted by atomic mass is 16.5. The molecule has 1 N–H and O–H groups in total. The molecule has 0 aliphatic carbocycles. The van der Waals surface area contributed by atoms with E-state index in [4.69, 9.17) is 4.74 Å². The maximum Gasteiger partial charge on any atom is 0.136 e. The van der Waals surface area contributed by atoms with Crippen LogP contribution in [0.1, 0.15) is 22.3 Å².